The van der Waals surface area contributed by atoms with Crippen LogP contribution in [0, 0.1) is 11.6 Å². The lowest BCUT2D eigenvalue weighted by molar-refractivity contribution is -0.122. The Balaban J connectivity index is 1.92. The minimum atomic E-state index is -0.694. The van der Waals surface area contributed by atoms with Crippen LogP contribution in [0.2, 0.25) is 0 Å². The van der Waals surface area contributed by atoms with E-state index >= 15 is 0 Å². The number of hydrogen-bond donors (Lipinski definition) is 2. The van der Waals surface area contributed by atoms with Crippen molar-refractivity contribution in [1.29, 1.82) is 0 Å². The van der Waals surface area contributed by atoms with E-state index in [-0.39, 0.29) is 17.6 Å². The number of anilines is 1. The van der Waals surface area contributed by atoms with Crippen molar-refractivity contribution in [3.8, 4) is 0 Å². The van der Waals surface area contributed by atoms with Gasteiger partial charge in [-0.15, -0.1) is 0 Å². The SMILES string of the molecule is CC(Nc1ccc(F)cc1F)C(=O)NC1CCCC1. The maximum Gasteiger partial charge on any atom is 0.242 e. The predicted molar refractivity (Wildman–Crippen MR) is 69.8 cm³/mol. The van der Waals surface area contributed by atoms with Crippen LogP contribution < -0.4 is 10.6 Å². The Labute approximate surface area is 111 Å². The van der Waals surface area contributed by atoms with Crippen LogP contribution >= 0.6 is 0 Å². The van der Waals surface area contributed by atoms with Crippen LogP contribution in [0.25, 0.3) is 0 Å². The molecule has 0 aromatic heterocycles. The van der Waals surface area contributed by atoms with Crippen molar-refractivity contribution in [1.82, 2.24) is 5.32 Å². The zero-order valence-corrected chi connectivity index (χ0v) is 10.9. The van der Waals surface area contributed by atoms with Gasteiger partial charge in [0.2, 0.25) is 5.91 Å². The third kappa shape index (κ3) is 3.66. The Morgan fingerprint density at radius 2 is 2.00 bits per heavy atom. The van der Waals surface area contributed by atoms with Crippen molar-refractivity contribution in [3.63, 3.8) is 0 Å². The Bertz CT molecular complexity index is 459. The van der Waals surface area contributed by atoms with Gasteiger partial charge in [-0.3, -0.25) is 4.79 Å². The summed E-state index contributed by atoms with van der Waals surface area (Å²) in [5, 5.41) is 5.69. The molecule has 1 aromatic rings. The van der Waals surface area contributed by atoms with E-state index in [0.29, 0.717) is 0 Å². The summed E-state index contributed by atoms with van der Waals surface area (Å²) in [6.07, 6.45) is 4.28. The number of amides is 1. The number of carbonyl (C=O) groups is 1. The molecule has 1 aromatic carbocycles. The predicted octanol–water partition coefficient (Wildman–Crippen LogP) is 2.82. The summed E-state index contributed by atoms with van der Waals surface area (Å²) in [4.78, 5) is 11.9. The Morgan fingerprint density at radius 1 is 1.32 bits per heavy atom. The summed E-state index contributed by atoms with van der Waals surface area (Å²) in [5.74, 6) is -1.48. The molecule has 1 saturated carbocycles. The molecule has 1 aliphatic rings. The van der Waals surface area contributed by atoms with E-state index in [0.717, 1.165) is 37.8 Å². The lowest BCUT2D eigenvalue weighted by Crippen LogP contribution is -2.42. The van der Waals surface area contributed by atoms with Gasteiger partial charge in [0.1, 0.15) is 17.7 Å². The molecule has 19 heavy (non-hydrogen) atoms. The second kappa shape index (κ2) is 5.99. The number of carbonyl (C=O) groups excluding carboxylic acids is 1. The van der Waals surface area contributed by atoms with Gasteiger partial charge < -0.3 is 10.6 Å². The summed E-state index contributed by atoms with van der Waals surface area (Å²) in [6, 6.07) is 2.93. The molecule has 0 radical (unpaired) electrons. The quantitative estimate of drug-likeness (QED) is 0.881. The van der Waals surface area contributed by atoms with E-state index in [1.807, 2.05) is 0 Å². The molecule has 0 aliphatic heterocycles. The van der Waals surface area contributed by atoms with Gasteiger partial charge in [-0.25, -0.2) is 8.78 Å². The van der Waals surface area contributed by atoms with E-state index in [1.54, 1.807) is 6.92 Å². The zero-order chi connectivity index (χ0) is 13.8. The minimum Gasteiger partial charge on any atom is -0.372 e. The molecule has 1 atom stereocenters. The van der Waals surface area contributed by atoms with E-state index in [4.69, 9.17) is 0 Å². The fourth-order valence-electron chi connectivity index (χ4n) is 2.30. The molecule has 1 unspecified atom stereocenters. The maximum absolute atomic E-state index is 13.4. The molecule has 104 valence electrons. The monoisotopic (exact) mass is 268 g/mol. The summed E-state index contributed by atoms with van der Waals surface area (Å²) < 4.78 is 26.2. The minimum absolute atomic E-state index is 0.135. The van der Waals surface area contributed by atoms with Gasteiger partial charge in [-0.05, 0) is 31.9 Å². The molecule has 2 rings (SSSR count). The Hall–Kier alpha value is -1.65. The first-order valence-corrected chi connectivity index (χ1v) is 6.58. The second-order valence-electron chi connectivity index (χ2n) is 4.98. The van der Waals surface area contributed by atoms with Gasteiger partial charge in [0.25, 0.3) is 0 Å². The normalized spacial score (nSPS) is 17.2. The van der Waals surface area contributed by atoms with Crippen LogP contribution in [-0.4, -0.2) is 18.0 Å². The third-order valence-corrected chi connectivity index (χ3v) is 3.40. The summed E-state index contributed by atoms with van der Waals surface area (Å²) in [7, 11) is 0. The molecule has 5 heteroatoms. The largest absolute Gasteiger partial charge is 0.372 e. The fourth-order valence-corrected chi connectivity index (χ4v) is 2.30. The number of halogens is 2. The van der Waals surface area contributed by atoms with Crippen LogP contribution in [-0.2, 0) is 4.79 Å². The highest BCUT2D eigenvalue weighted by Gasteiger charge is 2.21. The molecule has 0 bridgehead atoms. The van der Waals surface area contributed by atoms with Crippen molar-refractivity contribution in [2.24, 2.45) is 0 Å². The topological polar surface area (TPSA) is 41.1 Å². The lowest BCUT2D eigenvalue weighted by atomic mass is 10.2. The van der Waals surface area contributed by atoms with Crippen LogP contribution in [0.4, 0.5) is 14.5 Å². The molecule has 0 heterocycles. The van der Waals surface area contributed by atoms with Crippen LogP contribution in [0.5, 0.6) is 0 Å². The Kier molecular flexibility index (Phi) is 4.35. The zero-order valence-electron chi connectivity index (χ0n) is 10.9. The standard InChI is InChI=1S/C14H18F2N2O/c1-9(14(19)18-11-4-2-3-5-11)17-13-7-6-10(15)8-12(13)16/h6-9,11,17H,2-5H2,1H3,(H,18,19). The highest BCUT2D eigenvalue weighted by molar-refractivity contribution is 5.84. The van der Waals surface area contributed by atoms with Crippen molar-refractivity contribution < 1.29 is 13.6 Å². The number of nitrogens with one attached hydrogen (secondary N) is 2. The molecule has 3 nitrogen and oxygen atoms in total. The Morgan fingerprint density at radius 3 is 2.63 bits per heavy atom. The third-order valence-electron chi connectivity index (χ3n) is 3.40. The first kappa shape index (κ1) is 13.8. The van der Waals surface area contributed by atoms with Crippen molar-refractivity contribution in [2.75, 3.05) is 5.32 Å². The average molecular weight is 268 g/mol. The molecule has 0 saturated heterocycles. The molecular weight excluding hydrogens is 250 g/mol. The fraction of sp³-hybridized carbons (Fsp3) is 0.500. The van der Waals surface area contributed by atoms with E-state index in [1.165, 1.54) is 6.07 Å². The number of benzene rings is 1. The molecular formula is C14H18F2N2O. The molecule has 1 amide bonds. The van der Waals surface area contributed by atoms with Crippen molar-refractivity contribution in [2.45, 2.75) is 44.7 Å². The first-order valence-electron chi connectivity index (χ1n) is 6.58. The summed E-state index contributed by atoms with van der Waals surface area (Å²) in [6.45, 7) is 1.66. The van der Waals surface area contributed by atoms with Crippen molar-refractivity contribution >= 4 is 11.6 Å². The molecule has 1 aliphatic carbocycles. The highest BCUT2D eigenvalue weighted by Crippen LogP contribution is 2.19. The molecule has 0 spiro atoms. The van der Waals surface area contributed by atoms with Crippen LogP contribution in [0.15, 0.2) is 18.2 Å². The van der Waals surface area contributed by atoms with Gasteiger partial charge >= 0.3 is 0 Å². The summed E-state index contributed by atoms with van der Waals surface area (Å²) in [5.41, 5.74) is 0.135. The first-order chi connectivity index (χ1) is 9.06. The smallest absolute Gasteiger partial charge is 0.242 e. The van der Waals surface area contributed by atoms with Gasteiger partial charge in [0.05, 0.1) is 5.69 Å². The summed E-state index contributed by atoms with van der Waals surface area (Å²) >= 11 is 0. The molecule has 2 N–H and O–H groups in total. The number of hydrogen-bond acceptors (Lipinski definition) is 2. The van der Waals surface area contributed by atoms with Crippen molar-refractivity contribution in [3.05, 3.63) is 29.8 Å². The van der Waals surface area contributed by atoms with Gasteiger partial charge in [-0.1, -0.05) is 12.8 Å². The molecule has 1 fully saturated rings. The van der Waals surface area contributed by atoms with Crippen LogP contribution in [0.3, 0.4) is 0 Å². The van der Waals surface area contributed by atoms with Gasteiger partial charge in [0.15, 0.2) is 0 Å². The van der Waals surface area contributed by atoms with E-state index < -0.39 is 17.7 Å². The second-order valence-corrected chi connectivity index (χ2v) is 4.98. The van der Waals surface area contributed by atoms with E-state index in [2.05, 4.69) is 10.6 Å². The van der Waals surface area contributed by atoms with E-state index in [9.17, 15) is 13.6 Å². The van der Waals surface area contributed by atoms with Gasteiger partial charge in [0, 0.05) is 12.1 Å². The van der Waals surface area contributed by atoms with Gasteiger partial charge in [-0.2, -0.15) is 0 Å². The highest BCUT2D eigenvalue weighted by atomic mass is 19.1. The average Bonchev–Trinajstić information content (AvgIpc) is 2.85. The van der Waals surface area contributed by atoms with Crippen LogP contribution in [0.1, 0.15) is 32.6 Å². The lowest BCUT2D eigenvalue weighted by Gasteiger charge is -2.18. The number of rotatable bonds is 4. The maximum atomic E-state index is 13.4.